The zero-order valence-electron chi connectivity index (χ0n) is 9.60. The highest BCUT2D eigenvalue weighted by molar-refractivity contribution is 5.86. The Labute approximate surface area is 106 Å². The topological polar surface area (TPSA) is 52.5 Å². The van der Waals surface area contributed by atoms with Crippen molar-refractivity contribution in [2.75, 3.05) is 13.6 Å². The van der Waals surface area contributed by atoms with Gasteiger partial charge in [-0.2, -0.15) is 0 Å². The second-order valence-corrected chi connectivity index (χ2v) is 3.88. The smallest absolute Gasteiger partial charge is 0.158 e. The summed E-state index contributed by atoms with van der Waals surface area (Å²) in [5.74, 6) is -0.145. The summed E-state index contributed by atoms with van der Waals surface area (Å²) in [6.45, 7) is 0.926. The van der Waals surface area contributed by atoms with Gasteiger partial charge in [-0.05, 0) is 48.5 Å². The standard InChI is InChI=1S/C13H15NO2.ClH/c1-14-5-4-9-2-3-10-7-12(15)13(16)8-11(10)6-9;/h2-3,6-8,14-16H,4-5H2,1H3;1H. The maximum absolute atomic E-state index is 9.42. The quantitative estimate of drug-likeness (QED) is 0.737. The van der Waals surface area contributed by atoms with Crippen molar-refractivity contribution < 1.29 is 10.2 Å². The van der Waals surface area contributed by atoms with Crippen molar-refractivity contribution in [3.05, 3.63) is 35.9 Å². The lowest BCUT2D eigenvalue weighted by molar-refractivity contribution is 0.405. The lowest BCUT2D eigenvalue weighted by Gasteiger charge is -2.05. The van der Waals surface area contributed by atoms with Crippen LogP contribution in [-0.2, 0) is 6.42 Å². The molecule has 0 atom stereocenters. The molecule has 0 fully saturated rings. The summed E-state index contributed by atoms with van der Waals surface area (Å²) in [6, 6.07) is 9.20. The van der Waals surface area contributed by atoms with Crippen molar-refractivity contribution in [1.29, 1.82) is 0 Å². The van der Waals surface area contributed by atoms with E-state index in [0.29, 0.717) is 0 Å². The molecule has 2 aromatic carbocycles. The highest BCUT2D eigenvalue weighted by Gasteiger charge is 2.02. The Kier molecular flexibility index (Phi) is 4.61. The second kappa shape index (κ2) is 5.75. The van der Waals surface area contributed by atoms with Crippen molar-refractivity contribution in [3.63, 3.8) is 0 Å². The summed E-state index contributed by atoms with van der Waals surface area (Å²) >= 11 is 0. The number of fused-ring (bicyclic) bond motifs is 1. The van der Waals surface area contributed by atoms with Crippen LogP contribution in [0.3, 0.4) is 0 Å². The van der Waals surface area contributed by atoms with Crippen LogP contribution in [0.1, 0.15) is 5.56 Å². The summed E-state index contributed by atoms with van der Waals surface area (Å²) in [7, 11) is 1.92. The van der Waals surface area contributed by atoms with Crippen LogP contribution < -0.4 is 5.32 Å². The Morgan fingerprint density at radius 2 is 1.65 bits per heavy atom. The van der Waals surface area contributed by atoms with Crippen molar-refractivity contribution in [1.82, 2.24) is 5.32 Å². The van der Waals surface area contributed by atoms with E-state index in [1.54, 1.807) is 12.1 Å². The first kappa shape index (κ1) is 13.6. The molecular weight excluding hydrogens is 238 g/mol. The van der Waals surface area contributed by atoms with Crippen LogP contribution in [-0.4, -0.2) is 23.8 Å². The molecule has 0 saturated heterocycles. The number of halogens is 1. The fraction of sp³-hybridized carbons (Fsp3) is 0.231. The molecule has 0 amide bonds. The van der Waals surface area contributed by atoms with Gasteiger partial charge in [-0.1, -0.05) is 18.2 Å². The molecule has 3 nitrogen and oxygen atoms in total. The molecule has 0 aromatic heterocycles. The van der Waals surface area contributed by atoms with E-state index in [2.05, 4.69) is 5.32 Å². The van der Waals surface area contributed by atoms with Gasteiger partial charge in [-0.15, -0.1) is 12.4 Å². The molecule has 0 bridgehead atoms. The van der Waals surface area contributed by atoms with Crippen LogP contribution >= 0.6 is 12.4 Å². The molecular formula is C13H16ClNO2. The zero-order valence-corrected chi connectivity index (χ0v) is 10.4. The molecule has 2 rings (SSSR count). The summed E-state index contributed by atoms with van der Waals surface area (Å²) in [5, 5.41) is 23.8. The van der Waals surface area contributed by atoms with Crippen LogP contribution in [0.2, 0.25) is 0 Å². The number of phenols is 2. The SMILES string of the molecule is CNCCc1ccc2cc(O)c(O)cc2c1.Cl. The molecule has 92 valence electrons. The minimum Gasteiger partial charge on any atom is -0.504 e. The van der Waals surface area contributed by atoms with E-state index < -0.39 is 0 Å². The van der Waals surface area contributed by atoms with Gasteiger partial charge in [0.1, 0.15) is 0 Å². The molecule has 0 aliphatic carbocycles. The van der Waals surface area contributed by atoms with Gasteiger partial charge in [0, 0.05) is 0 Å². The van der Waals surface area contributed by atoms with Crippen LogP contribution in [0.25, 0.3) is 10.8 Å². The van der Waals surface area contributed by atoms with Crippen LogP contribution in [0.4, 0.5) is 0 Å². The van der Waals surface area contributed by atoms with Gasteiger partial charge < -0.3 is 15.5 Å². The summed E-state index contributed by atoms with van der Waals surface area (Å²) in [4.78, 5) is 0. The molecule has 0 unspecified atom stereocenters. The lowest BCUT2D eigenvalue weighted by Crippen LogP contribution is -2.10. The molecule has 0 aliphatic heterocycles. The average Bonchev–Trinajstić information content (AvgIpc) is 2.28. The zero-order chi connectivity index (χ0) is 11.5. The number of likely N-dealkylation sites (N-methyl/N-ethyl adjacent to an activating group) is 1. The van der Waals surface area contributed by atoms with E-state index in [0.717, 1.165) is 23.7 Å². The van der Waals surface area contributed by atoms with E-state index in [1.807, 2.05) is 25.2 Å². The van der Waals surface area contributed by atoms with Crippen molar-refractivity contribution >= 4 is 23.2 Å². The number of aromatic hydroxyl groups is 2. The molecule has 2 aromatic rings. The van der Waals surface area contributed by atoms with Crippen LogP contribution in [0.15, 0.2) is 30.3 Å². The Hall–Kier alpha value is -1.45. The number of nitrogens with one attached hydrogen (secondary N) is 1. The van der Waals surface area contributed by atoms with Crippen molar-refractivity contribution in [2.45, 2.75) is 6.42 Å². The molecule has 0 saturated carbocycles. The van der Waals surface area contributed by atoms with E-state index >= 15 is 0 Å². The number of hydrogen-bond acceptors (Lipinski definition) is 3. The number of rotatable bonds is 3. The number of benzene rings is 2. The largest absolute Gasteiger partial charge is 0.504 e. The van der Waals surface area contributed by atoms with Crippen molar-refractivity contribution in [2.24, 2.45) is 0 Å². The molecule has 0 spiro atoms. The first-order valence-electron chi connectivity index (χ1n) is 5.30. The van der Waals surface area contributed by atoms with E-state index in [9.17, 15) is 10.2 Å². The summed E-state index contributed by atoms with van der Waals surface area (Å²) in [5.41, 5.74) is 1.21. The average molecular weight is 254 g/mol. The van der Waals surface area contributed by atoms with Gasteiger partial charge in [0.25, 0.3) is 0 Å². The third kappa shape index (κ3) is 3.02. The van der Waals surface area contributed by atoms with Crippen LogP contribution in [0.5, 0.6) is 11.5 Å². The Balaban J connectivity index is 0.00000144. The van der Waals surface area contributed by atoms with Gasteiger partial charge >= 0.3 is 0 Å². The minimum atomic E-state index is -0.0736. The van der Waals surface area contributed by atoms with Gasteiger partial charge in [0.15, 0.2) is 11.5 Å². The predicted molar refractivity (Wildman–Crippen MR) is 72.2 cm³/mol. The van der Waals surface area contributed by atoms with E-state index in [4.69, 9.17) is 0 Å². The Bertz CT molecular complexity index is 514. The highest BCUT2D eigenvalue weighted by Crippen LogP contribution is 2.30. The number of hydrogen-bond donors (Lipinski definition) is 3. The third-order valence-electron chi connectivity index (χ3n) is 2.66. The third-order valence-corrected chi connectivity index (χ3v) is 2.66. The molecule has 4 heteroatoms. The van der Waals surface area contributed by atoms with Crippen LogP contribution in [0, 0.1) is 0 Å². The maximum atomic E-state index is 9.42. The second-order valence-electron chi connectivity index (χ2n) is 3.88. The van der Waals surface area contributed by atoms with E-state index in [1.165, 1.54) is 5.56 Å². The maximum Gasteiger partial charge on any atom is 0.158 e. The van der Waals surface area contributed by atoms with E-state index in [-0.39, 0.29) is 23.9 Å². The molecule has 0 heterocycles. The monoisotopic (exact) mass is 253 g/mol. The van der Waals surface area contributed by atoms with Crippen molar-refractivity contribution in [3.8, 4) is 11.5 Å². The van der Waals surface area contributed by atoms with Gasteiger partial charge in [-0.3, -0.25) is 0 Å². The van der Waals surface area contributed by atoms with Gasteiger partial charge in [0.05, 0.1) is 0 Å². The molecule has 0 radical (unpaired) electrons. The number of phenolic OH excluding ortho intramolecular Hbond substituents is 2. The molecule has 17 heavy (non-hydrogen) atoms. The normalized spacial score (nSPS) is 10.2. The summed E-state index contributed by atoms with van der Waals surface area (Å²) < 4.78 is 0. The Morgan fingerprint density at radius 3 is 2.29 bits per heavy atom. The molecule has 0 aliphatic rings. The highest BCUT2D eigenvalue weighted by atomic mass is 35.5. The molecule has 3 N–H and O–H groups in total. The predicted octanol–water partition coefficient (Wildman–Crippen LogP) is 2.43. The van der Waals surface area contributed by atoms with Gasteiger partial charge in [0.2, 0.25) is 0 Å². The lowest BCUT2D eigenvalue weighted by atomic mass is 10.0. The Morgan fingerprint density at radius 1 is 1.00 bits per heavy atom. The van der Waals surface area contributed by atoms with Gasteiger partial charge in [-0.25, -0.2) is 0 Å². The summed E-state index contributed by atoms with van der Waals surface area (Å²) in [6.07, 6.45) is 0.952. The minimum absolute atomic E-state index is 0. The first-order valence-corrected chi connectivity index (χ1v) is 5.30. The fourth-order valence-electron chi connectivity index (χ4n) is 1.75. The fourth-order valence-corrected chi connectivity index (χ4v) is 1.75. The first-order chi connectivity index (χ1) is 7.70.